The van der Waals surface area contributed by atoms with E-state index in [-0.39, 0.29) is 5.41 Å². The van der Waals surface area contributed by atoms with Crippen LogP contribution in [0.25, 0.3) is 10.9 Å². The minimum atomic E-state index is 0.0690. The van der Waals surface area contributed by atoms with Gasteiger partial charge < -0.3 is 5.73 Å². The number of benzene rings is 1. The van der Waals surface area contributed by atoms with E-state index in [0.29, 0.717) is 6.54 Å². The van der Waals surface area contributed by atoms with Crippen molar-refractivity contribution >= 4 is 22.5 Å². The fourth-order valence-corrected chi connectivity index (χ4v) is 2.64. The molecule has 2 rings (SSSR count). The molecule has 0 unspecified atom stereocenters. The van der Waals surface area contributed by atoms with Crippen molar-refractivity contribution in [1.29, 1.82) is 0 Å². The molecule has 0 aliphatic heterocycles. The van der Waals surface area contributed by atoms with Crippen molar-refractivity contribution in [3.8, 4) is 0 Å². The van der Waals surface area contributed by atoms with Crippen LogP contribution in [0.3, 0.4) is 0 Å². The molecule has 2 aromatic rings. The Morgan fingerprint density at radius 3 is 2.53 bits per heavy atom. The molecule has 0 aliphatic rings. The third kappa shape index (κ3) is 2.90. The first-order valence-electron chi connectivity index (χ1n) is 6.59. The maximum absolute atomic E-state index is 6.29. The first-order chi connectivity index (χ1) is 8.84. The second kappa shape index (κ2) is 5.10. The van der Waals surface area contributed by atoms with Gasteiger partial charge in [0.15, 0.2) is 0 Å². The number of fused-ring (bicyclic) bond motifs is 1. The Labute approximate surface area is 120 Å². The number of aromatic nitrogens is 1. The van der Waals surface area contributed by atoms with Crippen LogP contribution in [0, 0.1) is 19.3 Å². The van der Waals surface area contributed by atoms with Crippen LogP contribution in [0.1, 0.15) is 30.7 Å². The van der Waals surface area contributed by atoms with E-state index in [1.807, 2.05) is 12.1 Å². The first-order valence-corrected chi connectivity index (χ1v) is 6.97. The predicted octanol–water partition coefficient (Wildman–Crippen LogP) is 4.03. The highest BCUT2D eigenvalue weighted by Gasteiger charge is 2.18. The average molecular weight is 277 g/mol. The van der Waals surface area contributed by atoms with Crippen molar-refractivity contribution in [2.45, 2.75) is 34.1 Å². The lowest BCUT2D eigenvalue weighted by molar-refractivity contribution is 0.373. The summed E-state index contributed by atoms with van der Waals surface area (Å²) in [6.45, 7) is 9.15. The summed E-state index contributed by atoms with van der Waals surface area (Å²) in [5.41, 5.74) is 10.3. The molecule has 1 heterocycles. The average Bonchev–Trinajstić information content (AvgIpc) is 2.33. The third-order valence-electron chi connectivity index (χ3n) is 3.57. The summed E-state index contributed by atoms with van der Waals surface area (Å²) in [5.74, 6) is 0. The highest BCUT2D eigenvalue weighted by Crippen LogP contribution is 2.30. The number of halogens is 1. The molecule has 0 amide bonds. The van der Waals surface area contributed by atoms with E-state index in [9.17, 15) is 0 Å². The molecule has 0 fully saturated rings. The van der Waals surface area contributed by atoms with Crippen LogP contribution in [-0.2, 0) is 6.42 Å². The van der Waals surface area contributed by atoms with Gasteiger partial charge in [-0.2, -0.15) is 0 Å². The van der Waals surface area contributed by atoms with Gasteiger partial charge in [-0.1, -0.05) is 31.5 Å². The molecule has 0 saturated carbocycles. The van der Waals surface area contributed by atoms with Crippen LogP contribution in [0.4, 0.5) is 0 Å². The molecule has 2 N–H and O–H groups in total. The highest BCUT2D eigenvalue weighted by molar-refractivity contribution is 6.35. The SMILES string of the molecule is Cc1ccc(Cl)c2c(C)cc(CC(C)(C)CN)nc12. The van der Waals surface area contributed by atoms with E-state index in [0.717, 1.165) is 33.6 Å². The number of aryl methyl sites for hydroxylation is 2. The molecule has 0 atom stereocenters. The van der Waals surface area contributed by atoms with Crippen molar-refractivity contribution in [2.75, 3.05) is 6.54 Å². The van der Waals surface area contributed by atoms with E-state index >= 15 is 0 Å². The number of rotatable bonds is 3. The van der Waals surface area contributed by atoms with Crippen molar-refractivity contribution in [2.24, 2.45) is 11.1 Å². The largest absolute Gasteiger partial charge is 0.330 e. The molecular weight excluding hydrogens is 256 g/mol. The molecule has 0 radical (unpaired) electrons. The molecule has 0 spiro atoms. The van der Waals surface area contributed by atoms with E-state index in [1.165, 1.54) is 5.56 Å². The van der Waals surface area contributed by atoms with Gasteiger partial charge in [-0.3, -0.25) is 4.98 Å². The number of nitrogens with zero attached hydrogens (tertiary/aromatic N) is 1. The zero-order chi connectivity index (χ0) is 14.2. The second-order valence-electron chi connectivity index (χ2n) is 6.06. The Balaban J connectivity index is 2.59. The van der Waals surface area contributed by atoms with Gasteiger partial charge in [0, 0.05) is 11.1 Å². The quantitative estimate of drug-likeness (QED) is 0.919. The Morgan fingerprint density at radius 1 is 1.21 bits per heavy atom. The molecule has 19 heavy (non-hydrogen) atoms. The van der Waals surface area contributed by atoms with Gasteiger partial charge in [-0.05, 0) is 55.5 Å². The second-order valence-corrected chi connectivity index (χ2v) is 6.47. The van der Waals surface area contributed by atoms with E-state index in [4.69, 9.17) is 22.3 Å². The van der Waals surface area contributed by atoms with Gasteiger partial charge >= 0.3 is 0 Å². The third-order valence-corrected chi connectivity index (χ3v) is 3.89. The Kier molecular flexibility index (Phi) is 3.84. The zero-order valence-electron chi connectivity index (χ0n) is 12.0. The fourth-order valence-electron chi connectivity index (χ4n) is 2.34. The molecular formula is C16H21ClN2. The summed E-state index contributed by atoms with van der Waals surface area (Å²) < 4.78 is 0. The monoisotopic (exact) mass is 276 g/mol. The molecule has 1 aromatic heterocycles. The number of hydrogen-bond donors (Lipinski definition) is 1. The van der Waals surface area contributed by atoms with E-state index < -0.39 is 0 Å². The zero-order valence-corrected chi connectivity index (χ0v) is 12.8. The van der Waals surface area contributed by atoms with Gasteiger partial charge in [0.2, 0.25) is 0 Å². The molecule has 2 nitrogen and oxygen atoms in total. The van der Waals surface area contributed by atoms with Crippen molar-refractivity contribution in [1.82, 2.24) is 4.98 Å². The standard InChI is InChI=1S/C16H21ClN2/c1-10-5-6-13(17)14-11(2)7-12(19-15(10)14)8-16(3,4)9-18/h5-7H,8-9,18H2,1-4H3. The normalized spacial score (nSPS) is 12.1. The fraction of sp³-hybridized carbons (Fsp3) is 0.438. The summed E-state index contributed by atoms with van der Waals surface area (Å²) in [5, 5.41) is 1.84. The smallest absolute Gasteiger partial charge is 0.0752 e. The van der Waals surface area contributed by atoms with Crippen molar-refractivity contribution in [3.05, 3.63) is 40.0 Å². The summed E-state index contributed by atoms with van der Waals surface area (Å²) in [6, 6.07) is 6.09. The van der Waals surface area contributed by atoms with Gasteiger partial charge in [0.25, 0.3) is 0 Å². The number of pyridine rings is 1. The van der Waals surface area contributed by atoms with E-state index in [2.05, 4.69) is 33.8 Å². The Morgan fingerprint density at radius 2 is 1.89 bits per heavy atom. The lowest BCUT2D eigenvalue weighted by atomic mass is 9.87. The minimum Gasteiger partial charge on any atom is -0.330 e. The van der Waals surface area contributed by atoms with Crippen molar-refractivity contribution < 1.29 is 0 Å². The summed E-state index contributed by atoms with van der Waals surface area (Å²) in [7, 11) is 0. The molecule has 0 bridgehead atoms. The lowest BCUT2D eigenvalue weighted by Gasteiger charge is -2.22. The van der Waals surface area contributed by atoms with Crippen LogP contribution in [-0.4, -0.2) is 11.5 Å². The maximum atomic E-state index is 6.29. The van der Waals surface area contributed by atoms with Crippen LogP contribution in [0.5, 0.6) is 0 Å². The van der Waals surface area contributed by atoms with Crippen molar-refractivity contribution in [3.63, 3.8) is 0 Å². The molecule has 3 heteroatoms. The lowest BCUT2D eigenvalue weighted by Crippen LogP contribution is -2.26. The van der Waals surface area contributed by atoms with Crippen LogP contribution >= 0.6 is 11.6 Å². The minimum absolute atomic E-state index is 0.0690. The highest BCUT2D eigenvalue weighted by atomic mass is 35.5. The summed E-state index contributed by atoms with van der Waals surface area (Å²) in [6.07, 6.45) is 0.881. The maximum Gasteiger partial charge on any atom is 0.0752 e. The van der Waals surface area contributed by atoms with Gasteiger partial charge in [0.1, 0.15) is 0 Å². The topological polar surface area (TPSA) is 38.9 Å². The Hall–Kier alpha value is -1.12. The number of hydrogen-bond acceptors (Lipinski definition) is 2. The van der Waals surface area contributed by atoms with E-state index in [1.54, 1.807) is 0 Å². The Bertz CT molecular complexity index is 618. The molecule has 102 valence electrons. The first kappa shape index (κ1) is 14.3. The van der Waals surface area contributed by atoms with Gasteiger partial charge in [-0.25, -0.2) is 0 Å². The van der Waals surface area contributed by atoms with Gasteiger partial charge in [-0.15, -0.1) is 0 Å². The molecule has 1 aromatic carbocycles. The summed E-state index contributed by atoms with van der Waals surface area (Å²) >= 11 is 6.29. The molecule has 0 saturated heterocycles. The summed E-state index contributed by atoms with van der Waals surface area (Å²) in [4.78, 5) is 4.79. The van der Waals surface area contributed by atoms with Crippen LogP contribution in [0.15, 0.2) is 18.2 Å². The number of nitrogens with two attached hydrogens (primary N) is 1. The van der Waals surface area contributed by atoms with Crippen LogP contribution < -0.4 is 5.73 Å². The predicted molar refractivity (Wildman–Crippen MR) is 82.8 cm³/mol. The van der Waals surface area contributed by atoms with Crippen LogP contribution in [0.2, 0.25) is 5.02 Å². The van der Waals surface area contributed by atoms with Gasteiger partial charge in [0.05, 0.1) is 10.5 Å². The molecule has 0 aliphatic carbocycles.